The zero-order valence-electron chi connectivity index (χ0n) is 12.5. The molecule has 116 valence electrons. The van der Waals surface area contributed by atoms with Gasteiger partial charge in [-0.3, -0.25) is 9.59 Å². The van der Waals surface area contributed by atoms with Crippen LogP contribution in [0.2, 0.25) is 0 Å². The number of benzene rings is 1. The molecular weight excluding hydrogens is 294 g/mol. The van der Waals surface area contributed by atoms with Crippen molar-refractivity contribution in [2.75, 3.05) is 0 Å². The predicted molar refractivity (Wildman–Crippen MR) is 84.8 cm³/mol. The number of pyridine rings is 1. The molecule has 0 aliphatic rings. The lowest BCUT2D eigenvalue weighted by atomic mass is 10.2. The summed E-state index contributed by atoms with van der Waals surface area (Å²) in [7, 11) is 1.63. The number of amides is 1. The van der Waals surface area contributed by atoms with Crippen LogP contribution in [0.5, 0.6) is 0 Å². The molecule has 23 heavy (non-hydrogen) atoms. The normalized spacial score (nSPS) is 10.5. The number of nitrogens with one attached hydrogen (secondary N) is 1. The van der Waals surface area contributed by atoms with Crippen molar-refractivity contribution in [3.63, 3.8) is 0 Å². The Labute approximate surface area is 132 Å². The highest BCUT2D eigenvalue weighted by molar-refractivity contribution is 5.93. The molecule has 1 aromatic carbocycles. The number of nitrogens with zero attached hydrogens (tertiary/aromatic N) is 2. The number of hydrogen-bond acceptors (Lipinski definition) is 4. The average Bonchev–Trinajstić information content (AvgIpc) is 3.05. The van der Waals surface area contributed by atoms with Crippen LogP contribution < -0.4 is 10.9 Å². The van der Waals surface area contributed by atoms with Crippen LogP contribution in [0.25, 0.3) is 11.3 Å². The number of carbonyl (C=O) groups excluding carboxylic acids is 1. The summed E-state index contributed by atoms with van der Waals surface area (Å²) in [6, 6.07) is 12.5. The topological polar surface area (TPSA) is 77.1 Å². The van der Waals surface area contributed by atoms with Gasteiger partial charge in [0.25, 0.3) is 11.5 Å². The van der Waals surface area contributed by atoms with Gasteiger partial charge in [0.2, 0.25) is 5.89 Å². The van der Waals surface area contributed by atoms with Gasteiger partial charge in [0.15, 0.2) is 5.76 Å². The molecule has 0 spiro atoms. The number of carbonyl (C=O) groups is 1. The Morgan fingerprint density at radius 2 is 2.04 bits per heavy atom. The second-order valence-corrected chi connectivity index (χ2v) is 5.03. The van der Waals surface area contributed by atoms with E-state index in [1.54, 1.807) is 25.5 Å². The zero-order chi connectivity index (χ0) is 16.2. The van der Waals surface area contributed by atoms with Crippen LogP contribution in [0.15, 0.2) is 64.1 Å². The smallest absolute Gasteiger partial charge is 0.251 e. The summed E-state index contributed by atoms with van der Waals surface area (Å²) < 4.78 is 7.01. The van der Waals surface area contributed by atoms with Crippen LogP contribution in [0, 0.1) is 0 Å². The lowest BCUT2D eigenvalue weighted by molar-refractivity contribution is 0.0947. The fourth-order valence-corrected chi connectivity index (χ4v) is 2.08. The fraction of sp³-hybridized carbons (Fsp3) is 0.118. The van der Waals surface area contributed by atoms with Crippen molar-refractivity contribution in [1.82, 2.24) is 14.9 Å². The van der Waals surface area contributed by atoms with Gasteiger partial charge in [0.1, 0.15) is 0 Å². The summed E-state index contributed by atoms with van der Waals surface area (Å²) in [6.07, 6.45) is 3.17. The monoisotopic (exact) mass is 309 g/mol. The maximum atomic E-state index is 12.0. The number of aryl methyl sites for hydroxylation is 1. The molecule has 1 N–H and O–H groups in total. The van der Waals surface area contributed by atoms with Crippen LogP contribution in [0.3, 0.4) is 0 Å². The van der Waals surface area contributed by atoms with Crippen molar-refractivity contribution in [2.24, 2.45) is 7.05 Å². The Hall–Kier alpha value is -3.15. The molecule has 6 nitrogen and oxygen atoms in total. The predicted octanol–water partition coefficient (Wildman–Crippen LogP) is 1.97. The summed E-state index contributed by atoms with van der Waals surface area (Å²) in [5.41, 5.74) is 0.993. The molecule has 3 rings (SSSR count). The first-order valence-electron chi connectivity index (χ1n) is 7.08. The van der Waals surface area contributed by atoms with E-state index >= 15 is 0 Å². The van der Waals surface area contributed by atoms with Crippen LogP contribution >= 0.6 is 0 Å². The van der Waals surface area contributed by atoms with Crippen LogP contribution in [-0.2, 0) is 13.6 Å². The van der Waals surface area contributed by atoms with Crippen LogP contribution in [0.1, 0.15) is 16.2 Å². The largest absolute Gasteiger partial charge is 0.439 e. The first-order chi connectivity index (χ1) is 11.1. The van der Waals surface area contributed by atoms with Crippen LogP contribution in [0.4, 0.5) is 0 Å². The lowest BCUT2D eigenvalue weighted by Gasteiger charge is -2.03. The van der Waals surface area contributed by atoms with E-state index in [-0.39, 0.29) is 18.0 Å². The standard InChI is InChI=1S/C17H15N3O3/c1-20-8-7-13(9-16(20)21)17(22)19-11-15-18-10-14(23-15)12-5-3-2-4-6-12/h2-10H,11H2,1H3,(H,19,22). The molecule has 0 aliphatic heterocycles. The summed E-state index contributed by atoms with van der Waals surface area (Å²) in [5.74, 6) is 0.701. The third kappa shape index (κ3) is 3.37. The Morgan fingerprint density at radius 3 is 2.78 bits per heavy atom. The van der Waals surface area contributed by atoms with Gasteiger partial charge in [0, 0.05) is 30.4 Å². The van der Waals surface area contributed by atoms with Gasteiger partial charge in [0.05, 0.1) is 12.7 Å². The minimum Gasteiger partial charge on any atom is -0.439 e. The second-order valence-electron chi connectivity index (χ2n) is 5.03. The molecular formula is C17H15N3O3. The molecule has 0 atom stereocenters. The molecule has 1 amide bonds. The summed E-state index contributed by atoms with van der Waals surface area (Å²) in [5, 5.41) is 2.68. The van der Waals surface area contributed by atoms with Crippen LogP contribution in [-0.4, -0.2) is 15.5 Å². The number of oxazole rings is 1. The van der Waals surface area contributed by atoms with Crippen molar-refractivity contribution in [2.45, 2.75) is 6.54 Å². The van der Waals surface area contributed by atoms with Gasteiger partial charge in [-0.25, -0.2) is 4.98 Å². The zero-order valence-corrected chi connectivity index (χ0v) is 12.5. The molecule has 2 heterocycles. The summed E-state index contributed by atoms with van der Waals surface area (Å²) in [6.45, 7) is 0.154. The van der Waals surface area contributed by atoms with Crippen molar-refractivity contribution in [1.29, 1.82) is 0 Å². The van der Waals surface area contributed by atoms with Gasteiger partial charge in [-0.05, 0) is 6.07 Å². The molecule has 0 saturated heterocycles. The molecule has 0 bridgehead atoms. The summed E-state index contributed by atoms with van der Waals surface area (Å²) >= 11 is 0. The van der Waals surface area contributed by atoms with Gasteiger partial charge < -0.3 is 14.3 Å². The molecule has 0 saturated carbocycles. The Bertz CT molecular complexity index is 881. The van der Waals surface area contributed by atoms with E-state index in [1.165, 1.54) is 10.6 Å². The van der Waals surface area contributed by atoms with E-state index in [0.29, 0.717) is 17.2 Å². The molecule has 6 heteroatoms. The number of rotatable bonds is 4. The highest BCUT2D eigenvalue weighted by Crippen LogP contribution is 2.19. The van der Waals surface area contributed by atoms with E-state index in [0.717, 1.165) is 5.56 Å². The summed E-state index contributed by atoms with van der Waals surface area (Å²) in [4.78, 5) is 27.7. The first-order valence-corrected chi connectivity index (χ1v) is 7.08. The SMILES string of the molecule is Cn1ccc(C(=O)NCc2ncc(-c3ccccc3)o2)cc1=O. The Balaban J connectivity index is 1.66. The van der Waals surface area contributed by atoms with Gasteiger partial charge in [-0.15, -0.1) is 0 Å². The van der Waals surface area contributed by atoms with Crippen molar-refractivity contribution >= 4 is 5.91 Å². The highest BCUT2D eigenvalue weighted by Gasteiger charge is 2.10. The quantitative estimate of drug-likeness (QED) is 0.799. The minimum absolute atomic E-state index is 0.154. The maximum absolute atomic E-state index is 12.0. The van der Waals surface area contributed by atoms with Gasteiger partial charge in [-0.2, -0.15) is 0 Å². The molecule has 0 fully saturated rings. The number of hydrogen-bond donors (Lipinski definition) is 1. The third-order valence-corrected chi connectivity index (χ3v) is 3.38. The van der Waals surface area contributed by atoms with Crippen molar-refractivity contribution in [3.05, 3.63) is 76.7 Å². The van der Waals surface area contributed by atoms with E-state index in [2.05, 4.69) is 10.3 Å². The third-order valence-electron chi connectivity index (χ3n) is 3.38. The fourth-order valence-electron chi connectivity index (χ4n) is 2.08. The average molecular weight is 309 g/mol. The molecule has 0 unspecified atom stereocenters. The lowest BCUT2D eigenvalue weighted by Crippen LogP contribution is -2.25. The minimum atomic E-state index is -0.345. The van der Waals surface area contributed by atoms with E-state index in [9.17, 15) is 9.59 Å². The molecule has 2 aromatic heterocycles. The first kappa shape index (κ1) is 14.8. The Morgan fingerprint density at radius 1 is 1.26 bits per heavy atom. The second kappa shape index (κ2) is 6.31. The van der Waals surface area contributed by atoms with Gasteiger partial charge in [-0.1, -0.05) is 30.3 Å². The van der Waals surface area contributed by atoms with E-state index in [1.807, 2.05) is 30.3 Å². The van der Waals surface area contributed by atoms with Gasteiger partial charge >= 0.3 is 0 Å². The van der Waals surface area contributed by atoms with Crippen molar-refractivity contribution in [3.8, 4) is 11.3 Å². The Kier molecular flexibility index (Phi) is 4.05. The number of aromatic nitrogens is 2. The van der Waals surface area contributed by atoms with Crippen molar-refractivity contribution < 1.29 is 9.21 Å². The highest BCUT2D eigenvalue weighted by atomic mass is 16.4. The molecule has 0 aliphatic carbocycles. The van der Waals surface area contributed by atoms with E-state index < -0.39 is 0 Å². The van der Waals surface area contributed by atoms with E-state index in [4.69, 9.17) is 4.42 Å². The molecule has 3 aromatic rings. The molecule has 0 radical (unpaired) electrons. The maximum Gasteiger partial charge on any atom is 0.251 e.